The van der Waals surface area contributed by atoms with Gasteiger partial charge in [0.05, 0.1) is 0 Å². The Kier molecular flexibility index (Phi) is 5.38. The molecule has 0 spiro atoms. The van der Waals surface area contributed by atoms with Gasteiger partial charge in [0.2, 0.25) is 0 Å². The first-order valence-electron chi connectivity index (χ1n) is 5.38. The fourth-order valence-electron chi connectivity index (χ4n) is 1.53. The molecule has 0 saturated heterocycles. The Bertz CT molecular complexity index is 387. The van der Waals surface area contributed by atoms with Gasteiger partial charge in [0.15, 0.2) is 0 Å². The average molecular weight is 199 g/mol. The zero-order chi connectivity index (χ0) is 10.9. The van der Waals surface area contributed by atoms with Gasteiger partial charge in [0.25, 0.3) is 0 Å². The van der Waals surface area contributed by atoms with Gasteiger partial charge in [-0.3, -0.25) is 0 Å². The lowest BCUT2D eigenvalue weighted by Crippen LogP contribution is -2.28. The minimum Gasteiger partial charge on any atom is -0.314 e. The van der Waals surface area contributed by atoms with E-state index >= 15 is 0 Å². The van der Waals surface area contributed by atoms with Crippen LogP contribution in [-0.4, -0.2) is 12.6 Å². The van der Waals surface area contributed by atoms with Crippen LogP contribution in [0.2, 0.25) is 0 Å². The molecule has 1 heteroatoms. The number of rotatable bonds is 2. The van der Waals surface area contributed by atoms with Gasteiger partial charge in [-0.25, -0.2) is 0 Å². The fourth-order valence-corrected chi connectivity index (χ4v) is 1.53. The van der Waals surface area contributed by atoms with Crippen LogP contribution in [0, 0.1) is 0 Å². The van der Waals surface area contributed by atoms with Gasteiger partial charge < -0.3 is 5.32 Å². The van der Waals surface area contributed by atoms with Gasteiger partial charge in [-0.05, 0) is 49.9 Å². The van der Waals surface area contributed by atoms with Crippen molar-refractivity contribution in [3.05, 3.63) is 46.7 Å². The average Bonchev–Trinajstić information content (AvgIpc) is 2.25. The molecule has 0 aromatic rings. The maximum atomic E-state index is 3.46. The van der Waals surface area contributed by atoms with Crippen molar-refractivity contribution in [1.29, 1.82) is 0 Å². The van der Waals surface area contributed by atoms with Crippen LogP contribution in [0.4, 0.5) is 0 Å². The molecule has 1 atom stereocenters. The summed E-state index contributed by atoms with van der Waals surface area (Å²) in [6.45, 7) is 5.27. The van der Waals surface area contributed by atoms with Gasteiger partial charge >= 0.3 is 0 Å². The molecule has 0 fully saturated rings. The largest absolute Gasteiger partial charge is 0.314 e. The van der Waals surface area contributed by atoms with Crippen LogP contribution < -0.4 is 5.32 Å². The van der Waals surface area contributed by atoms with E-state index in [0.29, 0.717) is 6.04 Å². The Labute approximate surface area is 91.9 Å². The third-order valence-electron chi connectivity index (χ3n) is 2.22. The van der Waals surface area contributed by atoms with Crippen LogP contribution in [-0.2, 0) is 0 Å². The number of hydrogen-bond donors (Lipinski definition) is 1. The summed E-state index contributed by atoms with van der Waals surface area (Å²) >= 11 is 0. The first-order chi connectivity index (χ1) is 7.33. The van der Waals surface area contributed by atoms with Crippen molar-refractivity contribution in [2.45, 2.75) is 32.7 Å². The van der Waals surface area contributed by atoms with Crippen molar-refractivity contribution in [2.24, 2.45) is 0 Å². The van der Waals surface area contributed by atoms with E-state index in [1.165, 1.54) is 5.57 Å². The van der Waals surface area contributed by atoms with Gasteiger partial charge in [-0.15, -0.1) is 0 Å². The summed E-state index contributed by atoms with van der Waals surface area (Å²) < 4.78 is 0. The summed E-state index contributed by atoms with van der Waals surface area (Å²) in [6.07, 6.45) is 7.99. The molecule has 0 aliphatic heterocycles. The monoisotopic (exact) mass is 199 g/mol. The fraction of sp³-hybridized carbons (Fsp3) is 0.429. The highest BCUT2D eigenvalue weighted by Crippen LogP contribution is 2.08. The number of hydrogen-bond acceptors (Lipinski definition) is 1. The van der Waals surface area contributed by atoms with Crippen molar-refractivity contribution < 1.29 is 0 Å². The van der Waals surface area contributed by atoms with Crippen LogP contribution in [0.15, 0.2) is 46.7 Å². The third kappa shape index (κ3) is 5.11. The molecule has 0 bridgehead atoms. The van der Waals surface area contributed by atoms with E-state index in [1.54, 1.807) is 0 Å². The Morgan fingerprint density at radius 2 is 2.20 bits per heavy atom. The summed E-state index contributed by atoms with van der Waals surface area (Å²) in [5, 5.41) is 3.46. The maximum Gasteiger partial charge on any atom is 0.0145 e. The summed E-state index contributed by atoms with van der Waals surface area (Å²) in [7, 11) is 0. The molecule has 0 heterocycles. The molecule has 15 heavy (non-hydrogen) atoms. The van der Waals surface area contributed by atoms with E-state index < -0.39 is 0 Å². The Hall–Kier alpha value is -1.44. The summed E-state index contributed by atoms with van der Waals surface area (Å²) in [4.78, 5) is 0. The quantitative estimate of drug-likeness (QED) is 0.674. The second-order valence-corrected chi connectivity index (χ2v) is 3.62. The normalized spacial score (nSPS) is 23.6. The summed E-state index contributed by atoms with van der Waals surface area (Å²) in [6, 6.07) is 0.493. The lowest BCUT2D eigenvalue weighted by molar-refractivity contribution is 0.527. The first-order valence-corrected chi connectivity index (χ1v) is 5.38. The first kappa shape index (κ1) is 11.6. The van der Waals surface area contributed by atoms with Crippen molar-refractivity contribution in [3.8, 4) is 0 Å². The highest BCUT2D eigenvalue weighted by Gasteiger charge is 2.05. The van der Waals surface area contributed by atoms with Crippen molar-refractivity contribution in [3.63, 3.8) is 0 Å². The smallest absolute Gasteiger partial charge is 0.0145 e. The predicted octanol–water partition coefficient (Wildman–Crippen LogP) is 2.88. The van der Waals surface area contributed by atoms with Gasteiger partial charge in [0, 0.05) is 6.04 Å². The second kappa shape index (κ2) is 6.93. The molecule has 1 N–H and O–H groups in total. The molecule has 78 valence electrons. The Morgan fingerprint density at radius 3 is 3.00 bits per heavy atom. The van der Waals surface area contributed by atoms with Crippen LogP contribution in [0.3, 0.4) is 0 Å². The van der Waals surface area contributed by atoms with Gasteiger partial charge in [-0.2, -0.15) is 0 Å². The molecule has 1 nitrogen and oxygen atoms in total. The molecule has 0 aromatic carbocycles. The minimum absolute atomic E-state index is 0.493. The zero-order valence-electron chi connectivity index (χ0n) is 9.43. The predicted molar refractivity (Wildman–Crippen MR) is 63.6 cm³/mol. The zero-order valence-corrected chi connectivity index (χ0v) is 9.43. The topological polar surface area (TPSA) is 12.0 Å². The molecule has 1 unspecified atom stereocenters. The van der Waals surface area contributed by atoms with E-state index in [1.807, 2.05) is 12.2 Å². The molecular weight excluding hydrogens is 182 g/mol. The van der Waals surface area contributed by atoms with E-state index in [0.717, 1.165) is 19.4 Å². The van der Waals surface area contributed by atoms with E-state index in [9.17, 15) is 0 Å². The molecule has 0 saturated carbocycles. The minimum atomic E-state index is 0.493. The van der Waals surface area contributed by atoms with Gasteiger partial charge in [0.1, 0.15) is 0 Å². The van der Waals surface area contributed by atoms with Crippen LogP contribution in [0.5, 0.6) is 0 Å². The van der Waals surface area contributed by atoms with Crippen molar-refractivity contribution in [1.82, 2.24) is 5.32 Å². The SMILES string of the molecule is CCNC1CC=C=C=C=C=C/C=C(/C)C1. The van der Waals surface area contributed by atoms with E-state index in [4.69, 9.17) is 0 Å². The Balaban J connectivity index is 2.88. The molecule has 1 aliphatic carbocycles. The summed E-state index contributed by atoms with van der Waals surface area (Å²) in [5.41, 5.74) is 12.8. The van der Waals surface area contributed by atoms with Crippen LogP contribution >= 0.6 is 0 Å². The second-order valence-electron chi connectivity index (χ2n) is 3.62. The molecular formula is C14H17N. The molecule has 1 rings (SSSR count). The highest BCUT2D eigenvalue weighted by atomic mass is 14.9. The van der Waals surface area contributed by atoms with Gasteiger partial charge in [-0.1, -0.05) is 30.0 Å². The van der Waals surface area contributed by atoms with E-state index in [-0.39, 0.29) is 0 Å². The molecule has 1 aliphatic rings. The Morgan fingerprint density at radius 1 is 1.40 bits per heavy atom. The highest BCUT2D eigenvalue weighted by molar-refractivity contribution is 5.12. The molecule has 0 aromatic heterocycles. The lowest BCUT2D eigenvalue weighted by Gasteiger charge is -2.15. The van der Waals surface area contributed by atoms with Crippen molar-refractivity contribution >= 4 is 0 Å². The van der Waals surface area contributed by atoms with Crippen LogP contribution in [0.25, 0.3) is 0 Å². The molecule has 0 radical (unpaired) electrons. The molecule has 0 amide bonds. The number of nitrogens with one attached hydrogen (secondary N) is 1. The summed E-state index contributed by atoms with van der Waals surface area (Å²) in [5.74, 6) is 0. The van der Waals surface area contributed by atoms with Crippen LogP contribution in [0.1, 0.15) is 26.7 Å². The lowest BCUT2D eigenvalue weighted by atomic mass is 10.0. The maximum absolute atomic E-state index is 3.46. The standard InChI is InChI=1S/C14H17N/c1-3-15-14-11-9-7-5-4-6-8-10-13(2)12-14/h8-10,14-15H,3,11-12H2,1-2H3/b13-10-. The number of allylic oxidation sites excluding steroid dienone is 2. The van der Waals surface area contributed by atoms with Crippen molar-refractivity contribution in [2.75, 3.05) is 6.54 Å². The third-order valence-corrected chi connectivity index (χ3v) is 2.22. The van der Waals surface area contributed by atoms with E-state index in [2.05, 4.69) is 48.2 Å².